The highest BCUT2D eigenvalue weighted by molar-refractivity contribution is 7.14. The molecule has 7 nitrogen and oxygen atoms in total. The minimum atomic E-state index is -0.323. The molecule has 2 amide bonds. The molecule has 1 aromatic heterocycles. The monoisotopic (exact) mass is 375 g/mol. The number of likely N-dealkylation sites (tertiary alicyclic amines) is 1. The van der Waals surface area contributed by atoms with E-state index in [9.17, 15) is 9.59 Å². The first-order chi connectivity index (χ1) is 12.5. The summed E-state index contributed by atoms with van der Waals surface area (Å²) in [5.41, 5.74) is 1.61. The van der Waals surface area contributed by atoms with Crippen molar-refractivity contribution in [1.29, 1.82) is 0 Å². The average molecular weight is 375 g/mol. The molecule has 0 saturated carbocycles. The second kappa shape index (κ2) is 7.74. The standard InChI is InChI=1S/C18H21N3O4S/c1-4-21-9-12(8-16(21)22)17(23)20-18-19-13(10-26-18)11-5-6-14(24-2)15(7-11)25-3/h5-7,10,12H,4,8-9H2,1-3H3,(H,19,20,23)/t12-/m0/s1. The molecule has 3 rings (SSSR count). The third-order valence-corrected chi connectivity index (χ3v) is 5.14. The highest BCUT2D eigenvalue weighted by Gasteiger charge is 2.33. The van der Waals surface area contributed by atoms with Crippen LogP contribution in [0.5, 0.6) is 11.5 Å². The van der Waals surface area contributed by atoms with Crippen LogP contribution >= 0.6 is 11.3 Å². The van der Waals surface area contributed by atoms with Gasteiger partial charge in [0.2, 0.25) is 11.8 Å². The maximum Gasteiger partial charge on any atom is 0.231 e. The lowest BCUT2D eigenvalue weighted by Gasteiger charge is -2.12. The highest BCUT2D eigenvalue weighted by Crippen LogP contribution is 2.33. The molecule has 0 spiro atoms. The van der Waals surface area contributed by atoms with Crippen LogP contribution in [-0.2, 0) is 9.59 Å². The Hall–Kier alpha value is -2.61. The van der Waals surface area contributed by atoms with Gasteiger partial charge in [0, 0.05) is 30.5 Å². The Kier molecular flexibility index (Phi) is 5.41. The number of carbonyl (C=O) groups is 2. The van der Waals surface area contributed by atoms with Crippen molar-refractivity contribution < 1.29 is 19.1 Å². The largest absolute Gasteiger partial charge is 0.493 e. The molecule has 1 aromatic carbocycles. The number of hydrogen-bond acceptors (Lipinski definition) is 6. The second-order valence-corrected chi connectivity index (χ2v) is 6.79. The van der Waals surface area contributed by atoms with Gasteiger partial charge in [-0.3, -0.25) is 9.59 Å². The van der Waals surface area contributed by atoms with Crippen LogP contribution in [-0.4, -0.2) is 49.0 Å². The van der Waals surface area contributed by atoms with Crippen LogP contribution < -0.4 is 14.8 Å². The normalized spacial score (nSPS) is 16.7. The molecule has 0 unspecified atom stereocenters. The van der Waals surface area contributed by atoms with Gasteiger partial charge in [-0.25, -0.2) is 4.98 Å². The van der Waals surface area contributed by atoms with Crippen LogP contribution in [0.25, 0.3) is 11.3 Å². The van der Waals surface area contributed by atoms with Crippen LogP contribution in [0.15, 0.2) is 23.6 Å². The van der Waals surface area contributed by atoms with Gasteiger partial charge in [-0.2, -0.15) is 0 Å². The van der Waals surface area contributed by atoms with Crippen molar-refractivity contribution in [2.75, 3.05) is 32.6 Å². The molecule has 138 valence electrons. The number of ether oxygens (including phenoxy) is 2. The highest BCUT2D eigenvalue weighted by atomic mass is 32.1. The second-order valence-electron chi connectivity index (χ2n) is 5.93. The van der Waals surface area contributed by atoms with E-state index in [1.54, 1.807) is 19.1 Å². The first-order valence-corrected chi connectivity index (χ1v) is 9.20. The number of nitrogens with zero attached hydrogens (tertiary/aromatic N) is 2. The van der Waals surface area contributed by atoms with Crippen LogP contribution in [0.2, 0.25) is 0 Å². The van der Waals surface area contributed by atoms with Crippen LogP contribution in [0.1, 0.15) is 13.3 Å². The third-order valence-electron chi connectivity index (χ3n) is 4.38. The number of rotatable bonds is 6. The molecule has 1 fully saturated rings. The lowest BCUT2D eigenvalue weighted by molar-refractivity contribution is -0.128. The van der Waals surface area contributed by atoms with E-state index in [1.165, 1.54) is 11.3 Å². The van der Waals surface area contributed by atoms with Gasteiger partial charge in [-0.15, -0.1) is 11.3 Å². The van der Waals surface area contributed by atoms with Gasteiger partial charge >= 0.3 is 0 Å². The maximum atomic E-state index is 12.4. The minimum absolute atomic E-state index is 0.0257. The predicted molar refractivity (Wildman–Crippen MR) is 99.6 cm³/mol. The van der Waals surface area contributed by atoms with Crippen molar-refractivity contribution in [2.24, 2.45) is 5.92 Å². The minimum Gasteiger partial charge on any atom is -0.493 e. The van der Waals surface area contributed by atoms with Crippen molar-refractivity contribution in [3.8, 4) is 22.8 Å². The maximum absolute atomic E-state index is 12.4. The van der Waals surface area contributed by atoms with Gasteiger partial charge in [0.1, 0.15) is 0 Å². The summed E-state index contributed by atoms with van der Waals surface area (Å²) >= 11 is 1.35. The molecule has 0 bridgehead atoms. The molecule has 1 N–H and O–H groups in total. The van der Waals surface area contributed by atoms with E-state index in [4.69, 9.17) is 9.47 Å². The summed E-state index contributed by atoms with van der Waals surface area (Å²) in [6.07, 6.45) is 0.258. The zero-order valence-corrected chi connectivity index (χ0v) is 15.8. The van der Waals surface area contributed by atoms with E-state index in [0.29, 0.717) is 29.7 Å². The number of aromatic nitrogens is 1. The molecule has 1 aliphatic heterocycles. The number of hydrogen-bond donors (Lipinski definition) is 1. The molecule has 2 aromatic rings. The zero-order valence-electron chi connectivity index (χ0n) is 14.9. The molecule has 0 radical (unpaired) electrons. The average Bonchev–Trinajstić information content (AvgIpc) is 3.27. The van der Waals surface area contributed by atoms with E-state index in [1.807, 2.05) is 30.5 Å². The number of nitrogens with one attached hydrogen (secondary N) is 1. The van der Waals surface area contributed by atoms with Gasteiger partial charge in [-0.05, 0) is 25.1 Å². The van der Waals surface area contributed by atoms with E-state index in [0.717, 1.165) is 11.3 Å². The van der Waals surface area contributed by atoms with Crippen molar-refractivity contribution in [2.45, 2.75) is 13.3 Å². The third kappa shape index (κ3) is 3.65. The first kappa shape index (κ1) is 18.2. The van der Waals surface area contributed by atoms with Crippen molar-refractivity contribution in [1.82, 2.24) is 9.88 Å². The molecule has 1 atom stereocenters. The van der Waals surface area contributed by atoms with Gasteiger partial charge < -0.3 is 19.7 Å². The summed E-state index contributed by atoms with van der Waals surface area (Å²) in [6.45, 7) is 3.01. The van der Waals surface area contributed by atoms with Crippen molar-refractivity contribution in [3.63, 3.8) is 0 Å². The molecular formula is C18H21N3O4S. The summed E-state index contributed by atoms with van der Waals surface area (Å²) in [5.74, 6) is 0.801. The Morgan fingerprint density at radius 3 is 2.77 bits per heavy atom. The molecule has 1 saturated heterocycles. The number of thiazole rings is 1. The predicted octanol–water partition coefficient (Wildman–Crippen LogP) is 2.63. The fourth-order valence-electron chi connectivity index (χ4n) is 2.92. The molecule has 1 aliphatic rings. The van der Waals surface area contributed by atoms with Crippen LogP contribution in [0.3, 0.4) is 0 Å². The fourth-order valence-corrected chi connectivity index (χ4v) is 3.64. The Bertz CT molecular complexity index is 821. The molecule has 8 heteroatoms. The number of carbonyl (C=O) groups excluding carboxylic acids is 2. The quantitative estimate of drug-likeness (QED) is 0.839. The summed E-state index contributed by atoms with van der Waals surface area (Å²) < 4.78 is 10.5. The number of methoxy groups -OCH3 is 2. The van der Waals surface area contributed by atoms with Gasteiger partial charge in [0.25, 0.3) is 0 Å². The van der Waals surface area contributed by atoms with E-state index < -0.39 is 0 Å². The van der Waals surface area contributed by atoms with Gasteiger partial charge in [0.15, 0.2) is 16.6 Å². The summed E-state index contributed by atoms with van der Waals surface area (Å²) in [5, 5.41) is 5.21. The summed E-state index contributed by atoms with van der Waals surface area (Å²) in [7, 11) is 3.16. The summed E-state index contributed by atoms with van der Waals surface area (Å²) in [4.78, 5) is 30.3. The van der Waals surface area contributed by atoms with Gasteiger partial charge in [0.05, 0.1) is 25.8 Å². The first-order valence-electron chi connectivity index (χ1n) is 8.32. The smallest absolute Gasteiger partial charge is 0.231 e. The van der Waals surface area contributed by atoms with E-state index >= 15 is 0 Å². The Balaban J connectivity index is 1.70. The molecule has 26 heavy (non-hydrogen) atoms. The van der Waals surface area contributed by atoms with Crippen molar-refractivity contribution >= 4 is 28.3 Å². The topological polar surface area (TPSA) is 80.8 Å². The van der Waals surface area contributed by atoms with Crippen LogP contribution in [0.4, 0.5) is 5.13 Å². The van der Waals surface area contributed by atoms with E-state index in [-0.39, 0.29) is 24.2 Å². The lowest BCUT2D eigenvalue weighted by Crippen LogP contribution is -2.28. The number of anilines is 1. The van der Waals surface area contributed by atoms with E-state index in [2.05, 4.69) is 10.3 Å². The zero-order chi connectivity index (χ0) is 18.7. The Morgan fingerprint density at radius 1 is 1.35 bits per heavy atom. The van der Waals surface area contributed by atoms with Gasteiger partial charge in [-0.1, -0.05) is 0 Å². The number of amides is 2. The molecule has 0 aliphatic carbocycles. The SMILES string of the molecule is CCN1C[C@@H](C(=O)Nc2nc(-c3ccc(OC)c(OC)c3)cs2)CC1=O. The molecule has 2 heterocycles. The lowest BCUT2D eigenvalue weighted by atomic mass is 10.1. The Labute approximate surface area is 155 Å². The Morgan fingerprint density at radius 2 is 2.12 bits per heavy atom. The molecular weight excluding hydrogens is 354 g/mol. The number of benzene rings is 1. The summed E-state index contributed by atoms with van der Waals surface area (Å²) in [6, 6.07) is 5.54. The fraction of sp³-hybridized carbons (Fsp3) is 0.389. The van der Waals surface area contributed by atoms with Crippen molar-refractivity contribution in [3.05, 3.63) is 23.6 Å². The van der Waals surface area contributed by atoms with Crippen LogP contribution in [0, 0.1) is 5.92 Å².